The number of benzene rings is 1. The van der Waals surface area contributed by atoms with Crippen LogP contribution in [0.4, 0.5) is 0 Å². The quantitative estimate of drug-likeness (QED) is 0.862. The van der Waals surface area contributed by atoms with Crippen LogP contribution in [0.25, 0.3) is 11.3 Å². The van der Waals surface area contributed by atoms with Crippen LogP contribution in [0.2, 0.25) is 0 Å². The highest BCUT2D eigenvalue weighted by atomic mass is 15.2. The molecule has 1 fully saturated rings. The smallest absolute Gasteiger partial charge is 0.0653 e. The van der Waals surface area contributed by atoms with Gasteiger partial charge in [-0.25, -0.2) is 0 Å². The van der Waals surface area contributed by atoms with Crippen molar-refractivity contribution in [1.29, 1.82) is 0 Å². The van der Waals surface area contributed by atoms with Gasteiger partial charge in [0.2, 0.25) is 0 Å². The van der Waals surface area contributed by atoms with E-state index in [0.717, 1.165) is 31.9 Å². The highest BCUT2D eigenvalue weighted by Crippen LogP contribution is 2.24. The molecule has 2 N–H and O–H groups in total. The number of hydrogen-bond donors (Lipinski definition) is 2. The van der Waals surface area contributed by atoms with Crippen molar-refractivity contribution in [2.75, 3.05) is 19.6 Å². The van der Waals surface area contributed by atoms with Crippen molar-refractivity contribution >= 4 is 0 Å². The van der Waals surface area contributed by atoms with Crippen LogP contribution in [-0.4, -0.2) is 40.8 Å². The molecule has 3 rings (SSSR count). The lowest BCUT2D eigenvalue weighted by atomic mass is 10.0. The summed E-state index contributed by atoms with van der Waals surface area (Å²) in [5.74, 6) is 0.680. The minimum absolute atomic E-state index is 0.650. The maximum atomic E-state index is 4.10. The molecule has 2 aromatic rings. The van der Waals surface area contributed by atoms with Gasteiger partial charge in [-0.2, -0.15) is 5.10 Å². The number of nitrogens with one attached hydrogen (secondary N) is 2. The van der Waals surface area contributed by atoms with Crippen LogP contribution in [0.1, 0.15) is 25.8 Å². The second-order valence-corrected chi connectivity index (χ2v) is 6.60. The second kappa shape index (κ2) is 7.07. The Balaban J connectivity index is 1.83. The van der Waals surface area contributed by atoms with Gasteiger partial charge in [0.1, 0.15) is 0 Å². The first kappa shape index (κ1) is 15.3. The topological polar surface area (TPSA) is 44.0 Å². The number of H-pyrrole nitrogens is 1. The molecule has 0 bridgehead atoms. The molecule has 1 aromatic carbocycles. The van der Waals surface area contributed by atoms with Gasteiger partial charge in [0.05, 0.1) is 5.69 Å². The number of aromatic nitrogens is 2. The monoisotopic (exact) mass is 298 g/mol. The molecule has 0 spiro atoms. The van der Waals surface area contributed by atoms with Gasteiger partial charge in [-0.3, -0.25) is 10.00 Å². The average Bonchev–Trinajstić information content (AvgIpc) is 3.20. The molecular formula is C18H26N4. The van der Waals surface area contributed by atoms with Gasteiger partial charge in [-0.1, -0.05) is 38.1 Å². The highest BCUT2D eigenvalue weighted by Gasteiger charge is 2.23. The molecule has 0 aliphatic carbocycles. The normalized spacial score (nSPS) is 18.5. The first-order valence-corrected chi connectivity index (χ1v) is 8.26. The van der Waals surface area contributed by atoms with E-state index < -0.39 is 0 Å². The van der Waals surface area contributed by atoms with Crippen LogP contribution in [0.15, 0.2) is 36.5 Å². The Kier molecular flexibility index (Phi) is 4.90. The van der Waals surface area contributed by atoms with Crippen molar-refractivity contribution in [3.8, 4) is 11.3 Å². The highest BCUT2D eigenvalue weighted by molar-refractivity contribution is 5.63. The standard InChI is InChI=1S/C18H26N4/c1-14(2)12-22(16-7-9-19-11-16)13-15-5-3-4-6-17(15)18-8-10-20-21-18/h3-6,8,10,14,16,19H,7,9,11-13H2,1-2H3,(H,20,21)/t16-/m0/s1. The van der Waals surface area contributed by atoms with Crippen molar-refractivity contribution in [2.45, 2.75) is 32.9 Å². The van der Waals surface area contributed by atoms with Crippen LogP contribution < -0.4 is 5.32 Å². The van der Waals surface area contributed by atoms with Gasteiger partial charge in [-0.05, 0) is 30.5 Å². The molecule has 0 unspecified atom stereocenters. The lowest BCUT2D eigenvalue weighted by molar-refractivity contribution is 0.177. The maximum absolute atomic E-state index is 4.10. The molecule has 118 valence electrons. The van der Waals surface area contributed by atoms with E-state index in [9.17, 15) is 0 Å². The zero-order chi connectivity index (χ0) is 15.4. The molecular weight excluding hydrogens is 272 g/mol. The number of aromatic amines is 1. The predicted octanol–water partition coefficient (Wildman–Crippen LogP) is 2.90. The van der Waals surface area contributed by atoms with E-state index in [4.69, 9.17) is 0 Å². The van der Waals surface area contributed by atoms with Crippen LogP contribution in [0.5, 0.6) is 0 Å². The Morgan fingerprint density at radius 1 is 1.27 bits per heavy atom. The van der Waals surface area contributed by atoms with Crippen LogP contribution in [0, 0.1) is 5.92 Å². The minimum atomic E-state index is 0.650. The third-order valence-electron chi connectivity index (χ3n) is 4.33. The summed E-state index contributed by atoms with van der Waals surface area (Å²) in [6.45, 7) is 9.00. The second-order valence-electron chi connectivity index (χ2n) is 6.60. The van der Waals surface area contributed by atoms with E-state index in [1.165, 1.54) is 17.5 Å². The summed E-state index contributed by atoms with van der Waals surface area (Å²) < 4.78 is 0. The maximum Gasteiger partial charge on any atom is 0.0653 e. The van der Waals surface area contributed by atoms with E-state index in [1.807, 2.05) is 12.3 Å². The zero-order valence-electron chi connectivity index (χ0n) is 13.5. The van der Waals surface area contributed by atoms with Gasteiger partial charge < -0.3 is 5.32 Å². The summed E-state index contributed by atoms with van der Waals surface area (Å²) in [6.07, 6.45) is 3.07. The van der Waals surface area contributed by atoms with Crippen LogP contribution in [0.3, 0.4) is 0 Å². The molecule has 0 radical (unpaired) electrons. The molecule has 0 amide bonds. The van der Waals surface area contributed by atoms with Crippen molar-refractivity contribution in [3.05, 3.63) is 42.1 Å². The van der Waals surface area contributed by atoms with Gasteiger partial charge >= 0.3 is 0 Å². The molecule has 1 atom stereocenters. The van der Waals surface area contributed by atoms with Gasteiger partial charge in [0, 0.05) is 37.4 Å². The van der Waals surface area contributed by atoms with E-state index in [-0.39, 0.29) is 0 Å². The summed E-state index contributed by atoms with van der Waals surface area (Å²) in [6, 6.07) is 11.4. The number of rotatable bonds is 6. The van der Waals surface area contributed by atoms with Gasteiger partial charge in [-0.15, -0.1) is 0 Å². The fourth-order valence-corrected chi connectivity index (χ4v) is 3.31. The summed E-state index contributed by atoms with van der Waals surface area (Å²) in [5, 5.41) is 10.7. The largest absolute Gasteiger partial charge is 0.315 e. The van der Waals surface area contributed by atoms with Crippen molar-refractivity contribution in [2.24, 2.45) is 5.92 Å². The molecule has 1 saturated heterocycles. The minimum Gasteiger partial charge on any atom is -0.315 e. The molecule has 4 heteroatoms. The first-order chi connectivity index (χ1) is 10.7. The van der Waals surface area contributed by atoms with E-state index in [1.54, 1.807) is 0 Å². The predicted molar refractivity (Wildman–Crippen MR) is 90.5 cm³/mol. The lowest BCUT2D eigenvalue weighted by Crippen LogP contribution is -2.38. The molecule has 0 saturated carbocycles. The third kappa shape index (κ3) is 3.57. The van der Waals surface area contributed by atoms with Crippen molar-refractivity contribution < 1.29 is 0 Å². The zero-order valence-corrected chi connectivity index (χ0v) is 13.5. The summed E-state index contributed by atoms with van der Waals surface area (Å²) in [7, 11) is 0. The molecule has 1 aromatic heterocycles. The Hall–Kier alpha value is -1.65. The Morgan fingerprint density at radius 2 is 2.14 bits per heavy atom. The first-order valence-electron chi connectivity index (χ1n) is 8.26. The van der Waals surface area contributed by atoms with Crippen molar-refractivity contribution in [3.63, 3.8) is 0 Å². The third-order valence-corrected chi connectivity index (χ3v) is 4.33. The Bertz CT molecular complexity index is 571. The van der Waals surface area contributed by atoms with Crippen molar-refractivity contribution in [1.82, 2.24) is 20.4 Å². The van der Waals surface area contributed by atoms with Crippen LogP contribution in [-0.2, 0) is 6.54 Å². The Labute approximate surface area is 132 Å². The number of hydrogen-bond acceptors (Lipinski definition) is 3. The fourth-order valence-electron chi connectivity index (χ4n) is 3.31. The van der Waals surface area contributed by atoms with Gasteiger partial charge in [0.25, 0.3) is 0 Å². The SMILES string of the molecule is CC(C)CN(Cc1ccccc1-c1ccn[nH]1)[C@H]1CCNC1. The molecule has 1 aliphatic heterocycles. The van der Waals surface area contributed by atoms with E-state index in [0.29, 0.717) is 12.0 Å². The van der Waals surface area contributed by atoms with Crippen LogP contribution >= 0.6 is 0 Å². The van der Waals surface area contributed by atoms with Gasteiger partial charge in [0.15, 0.2) is 0 Å². The Morgan fingerprint density at radius 3 is 2.82 bits per heavy atom. The molecule has 4 nitrogen and oxygen atoms in total. The number of nitrogens with zero attached hydrogens (tertiary/aromatic N) is 2. The average molecular weight is 298 g/mol. The molecule has 2 heterocycles. The van der Waals surface area contributed by atoms with E-state index >= 15 is 0 Å². The molecule has 1 aliphatic rings. The fraction of sp³-hybridized carbons (Fsp3) is 0.500. The molecule has 22 heavy (non-hydrogen) atoms. The summed E-state index contributed by atoms with van der Waals surface area (Å²) in [5.41, 5.74) is 3.74. The summed E-state index contributed by atoms with van der Waals surface area (Å²) in [4.78, 5) is 2.64. The lowest BCUT2D eigenvalue weighted by Gasteiger charge is -2.30. The summed E-state index contributed by atoms with van der Waals surface area (Å²) >= 11 is 0. The van der Waals surface area contributed by atoms with E-state index in [2.05, 4.69) is 58.5 Å².